The van der Waals surface area contributed by atoms with Crippen LogP contribution < -0.4 is 5.32 Å². The molecule has 2 fully saturated rings. The maximum atomic E-state index is 13.4. The van der Waals surface area contributed by atoms with Crippen molar-refractivity contribution < 1.29 is 27.2 Å². The molecule has 2 aliphatic rings. The van der Waals surface area contributed by atoms with Crippen LogP contribution in [0.3, 0.4) is 0 Å². The number of carbonyl (C=O) groups excluding carboxylic acids is 2. The van der Waals surface area contributed by atoms with E-state index < -0.39 is 15.9 Å². The summed E-state index contributed by atoms with van der Waals surface area (Å²) in [5.41, 5.74) is 1.59. The number of benzene rings is 2. The lowest BCUT2D eigenvalue weighted by atomic mass is 10.1. The molecule has 3 aromatic rings. The van der Waals surface area contributed by atoms with Crippen LogP contribution in [0.15, 0.2) is 51.8 Å². The van der Waals surface area contributed by atoms with E-state index >= 15 is 0 Å². The second-order valence-corrected chi connectivity index (χ2v) is 10.7. The zero-order valence-corrected chi connectivity index (χ0v) is 20.3. The molecule has 2 amide bonds. The summed E-state index contributed by atoms with van der Waals surface area (Å²) in [7, 11) is -3.68. The van der Waals surface area contributed by atoms with Crippen molar-refractivity contribution in [2.45, 2.75) is 24.7 Å². The lowest BCUT2D eigenvalue weighted by Crippen LogP contribution is -2.40. The smallest absolute Gasteiger partial charge is 0.291 e. The number of ether oxygens (including phenoxy) is 1. The molecule has 1 aromatic heterocycles. The average molecular weight is 498 g/mol. The first-order chi connectivity index (χ1) is 16.9. The Morgan fingerprint density at radius 3 is 2.43 bits per heavy atom. The van der Waals surface area contributed by atoms with E-state index in [0.29, 0.717) is 55.9 Å². The number of fused-ring (bicyclic) bond motifs is 1. The van der Waals surface area contributed by atoms with Crippen molar-refractivity contribution in [1.29, 1.82) is 0 Å². The van der Waals surface area contributed by atoms with Crippen LogP contribution >= 0.6 is 0 Å². The van der Waals surface area contributed by atoms with Gasteiger partial charge in [-0.25, -0.2) is 8.42 Å². The number of aryl methyl sites for hydroxylation is 1. The topological polar surface area (TPSA) is 109 Å². The van der Waals surface area contributed by atoms with E-state index in [-0.39, 0.29) is 27.8 Å². The Balaban J connectivity index is 1.50. The van der Waals surface area contributed by atoms with Gasteiger partial charge in [-0.1, -0.05) is 18.2 Å². The van der Waals surface area contributed by atoms with Crippen LogP contribution in [0.4, 0.5) is 5.69 Å². The minimum absolute atomic E-state index is 0.0416. The summed E-state index contributed by atoms with van der Waals surface area (Å²) in [5.74, 6) is -0.801. The van der Waals surface area contributed by atoms with Crippen LogP contribution in [-0.2, 0) is 14.8 Å². The first kappa shape index (κ1) is 23.5. The van der Waals surface area contributed by atoms with Crippen molar-refractivity contribution in [2.75, 3.05) is 44.7 Å². The second-order valence-electron chi connectivity index (χ2n) is 8.75. The Bertz CT molecular complexity index is 1390. The molecule has 35 heavy (non-hydrogen) atoms. The largest absolute Gasteiger partial charge is 0.449 e. The highest BCUT2D eigenvalue weighted by Crippen LogP contribution is 2.33. The summed E-state index contributed by atoms with van der Waals surface area (Å²) in [6, 6.07) is 11.7. The fourth-order valence-electron chi connectivity index (χ4n) is 4.49. The number of carbonyl (C=O) groups is 2. The molecule has 0 atom stereocenters. The Morgan fingerprint density at radius 2 is 1.69 bits per heavy atom. The van der Waals surface area contributed by atoms with Crippen molar-refractivity contribution in [3.05, 3.63) is 59.4 Å². The summed E-state index contributed by atoms with van der Waals surface area (Å²) in [4.78, 5) is 28.4. The van der Waals surface area contributed by atoms with E-state index in [1.54, 1.807) is 42.2 Å². The number of nitrogens with one attached hydrogen (secondary N) is 1. The zero-order valence-electron chi connectivity index (χ0n) is 19.5. The van der Waals surface area contributed by atoms with E-state index in [9.17, 15) is 18.0 Å². The summed E-state index contributed by atoms with van der Waals surface area (Å²) in [6.07, 6.45) is 1.65. The number of sulfonamides is 1. The number of anilines is 1. The molecular formula is C25H27N3O6S. The van der Waals surface area contributed by atoms with Gasteiger partial charge in [0.25, 0.3) is 11.8 Å². The predicted molar refractivity (Wildman–Crippen MR) is 130 cm³/mol. The molecular weight excluding hydrogens is 470 g/mol. The fraction of sp³-hybridized carbons (Fsp3) is 0.360. The lowest BCUT2D eigenvalue weighted by molar-refractivity contribution is 0.0285. The third-order valence-corrected chi connectivity index (χ3v) is 8.38. The molecule has 2 aliphatic heterocycles. The quantitative estimate of drug-likeness (QED) is 0.580. The normalized spacial score (nSPS) is 17.1. The lowest BCUT2D eigenvalue weighted by Gasteiger charge is -2.26. The summed E-state index contributed by atoms with van der Waals surface area (Å²) < 4.78 is 38.8. The predicted octanol–water partition coefficient (Wildman–Crippen LogP) is 3.25. The molecule has 5 rings (SSSR count). The number of nitrogens with zero attached hydrogens (tertiary/aromatic N) is 2. The van der Waals surface area contributed by atoms with Crippen molar-refractivity contribution in [2.24, 2.45) is 0 Å². The molecule has 184 valence electrons. The van der Waals surface area contributed by atoms with Gasteiger partial charge in [0.15, 0.2) is 0 Å². The number of morpholine rings is 1. The summed E-state index contributed by atoms with van der Waals surface area (Å²) in [6.45, 7) is 4.43. The van der Waals surface area contributed by atoms with E-state index in [1.165, 1.54) is 16.4 Å². The number of hydrogen-bond acceptors (Lipinski definition) is 6. The van der Waals surface area contributed by atoms with Crippen LogP contribution in [0.1, 0.15) is 39.3 Å². The summed E-state index contributed by atoms with van der Waals surface area (Å²) >= 11 is 0. The maximum Gasteiger partial charge on any atom is 0.291 e. The Kier molecular flexibility index (Phi) is 6.35. The van der Waals surface area contributed by atoms with Crippen LogP contribution in [0.25, 0.3) is 11.0 Å². The number of hydrogen-bond donors (Lipinski definition) is 1. The SMILES string of the molecule is Cc1ccc(S(=O)(=O)N2CCCC2)cc1C(=O)Nc1c(C(=O)N2CCOCC2)oc2ccccc12. The molecule has 3 heterocycles. The highest BCUT2D eigenvalue weighted by Gasteiger charge is 2.30. The van der Waals surface area contributed by atoms with E-state index in [1.807, 2.05) is 0 Å². The van der Waals surface area contributed by atoms with Crippen molar-refractivity contribution >= 4 is 38.5 Å². The zero-order chi connectivity index (χ0) is 24.6. The molecule has 1 N–H and O–H groups in total. The fourth-order valence-corrected chi connectivity index (χ4v) is 6.04. The number of furan rings is 1. The van der Waals surface area contributed by atoms with Crippen LogP contribution in [-0.4, -0.2) is 68.8 Å². The van der Waals surface area contributed by atoms with Gasteiger partial charge in [0.1, 0.15) is 11.3 Å². The third kappa shape index (κ3) is 4.44. The van der Waals surface area contributed by atoms with Crippen molar-refractivity contribution in [1.82, 2.24) is 9.21 Å². The third-order valence-electron chi connectivity index (χ3n) is 6.48. The van der Waals surface area contributed by atoms with Gasteiger partial charge >= 0.3 is 0 Å². The number of amides is 2. The number of para-hydroxylation sites is 1. The van der Waals surface area contributed by atoms with E-state index in [4.69, 9.17) is 9.15 Å². The summed E-state index contributed by atoms with van der Waals surface area (Å²) in [5, 5.41) is 3.43. The maximum absolute atomic E-state index is 13.4. The van der Waals surface area contributed by atoms with Crippen molar-refractivity contribution in [3.63, 3.8) is 0 Å². The molecule has 10 heteroatoms. The second kappa shape index (κ2) is 9.44. The molecule has 0 spiro atoms. The molecule has 0 saturated carbocycles. The highest BCUT2D eigenvalue weighted by molar-refractivity contribution is 7.89. The van der Waals surface area contributed by atoms with E-state index in [0.717, 1.165) is 12.8 Å². The molecule has 0 unspecified atom stereocenters. The van der Waals surface area contributed by atoms with Gasteiger partial charge in [-0.15, -0.1) is 0 Å². The Morgan fingerprint density at radius 1 is 0.971 bits per heavy atom. The minimum atomic E-state index is -3.68. The van der Waals surface area contributed by atoms with E-state index in [2.05, 4.69) is 5.32 Å². The van der Waals surface area contributed by atoms with Crippen molar-refractivity contribution in [3.8, 4) is 0 Å². The van der Waals surface area contributed by atoms with Crippen LogP contribution in [0, 0.1) is 6.92 Å². The van der Waals surface area contributed by atoms with Crippen LogP contribution in [0.2, 0.25) is 0 Å². The molecule has 0 radical (unpaired) electrons. The minimum Gasteiger partial charge on any atom is -0.449 e. The number of rotatable bonds is 5. The van der Waals surface area contributed by atoms with Gasteiger partial charge in [-0.2, -0.15) is 4.31 Å². The highest BCUT2D eigenvalue weighted by atomic mass is 32.2. The Hall–Kier alpha value is -3.21. The van der Waals surface area contributed by atoms with Gasteiger partial charge in [0.05, 0.1) is 18.1 Å². The Labute approximate surface area is 203 Å². The average Bonchev–Trinajstić information content (AvgIpc) is 3.54. The first-order valence-corrected chi connectivity index (χ1v) is 13.1. The monoisotopic (exact) mass is 497 g/mol. The van der Waals surface area contributed by atoms with Crippen LogP contribution in [0.5, 0.6) is 0 Å². The van der Waals surface area contributed by atoms with Gasteiger partial charge in [-0.3, -0.25) is 9.59 Å². The molecule has 2 saturated heterocycles. The molecule has 0 bridgehead atoms. The molecule has 0 aliphatic carbocycles. The van der Waals surface area contributed by atoms with Gasteiger partial charge < -0.3 is 19.4 Å². The first-order valence-electron chi connectivity index (χ1n) is 11.7. The van der Waals surface area contributed by atoms with Gasteiger partial charge in [-0.05, 0) is 49.6 Å². The standard InChI is InChI=1S/C25H27N3O6S/c1-17-8-9-18(35(31,32)28-10-4-5-11-28)16-20(17)24(29)26-22-19-6-2-3-7-21(19)34-23(22)25(30)27-12-14-33-15-13-27/h2-3,6-9,16H,4-5,10-15H2,1H3,(H,26,29). The van der Waals surface area contributed by atoms with Gasteiger partial charge in [0, 0.05) is 37.1 Å². The van der Waals surface area contributed by atoms with Gasteiger partial charge in [0.2, 0.25) is 15.8 Å². The molecule has 2 aromatic carbocycles. The molecule has 9 nitrogen and oxygen atoms in total.